The van der Waals surface area contributed by atoms with Crippen molar-refractivity contribution in [3.63, 3.8) is 0 Å². The van der Waals surface area contributed by atoms with Gasteiger partial charge in [0.2, 0.25) is 0 Å². The summed E-state index contributed by atoms with van der Waals surface area (Å²) in [6, 6.07) is 6.13. The number of quaternary nitrogens is 1. The van der Waals surface area contributed by atoms with E-state index in [9.17, 15) is 9.18 Å². The number of amides is 1. The van der Waals surface area contributed by atoms with E-state index in [0.29, 0.717) is 23.5 Å². The molecule has 0 atom stereocenters. The highest BCUT2D eigenvalue weighted by Crippen LogP contribution is 2.14. The van der Waals surface area contributed by atoms with Crippen LogP contribution in [0.3, 0.4) is 0 Å². The number of rotatable bonds is 5. The molecule has 0 aliphatic carbocycles. The smallest absolute Gasteiger partial charge is 0.254 e. The van der Waals surface area contributed by atoms with Gasteiger partial charge in [0.1, 0.15) is 5.82 Å². The molecule has 1 aromatic heterocycles. The predicted octanol–water partition coefficient (Wildman–Crippen LogP) is 0.194. The fourth-order valence-corrected chi connectivity index (χ4v) is 2.02. The van der Waals surface area contributed by atoms with E-state index in [1.54, 1.807) is 23.7 Å². The van der Waals surface area contributed by atoms with Crippen molar-refractivity contribution in [2.24, 2.45) is 0 Å². The van der Waals surface area contributed by atoms with Crippen LogP contribution >= 0.6 is 0 Å². The van der Waals surface area contributed by atoms with Crippen molar-refractivity contribution < 1.29 is 14.1 Å². The lowest BCUT2D eigenvalue weighted by molar-refractivity contribution is -0.856. The Morgan fingerprint density at radius 1 is 1.43 bits per heavy atom. The molecule has 0 radical (unpaired) electrons. The molecule has 0 bridgehead atoms. The van der Waals surface area contributed by atoms with Gasteiger partial charge in [-0.3, -0.25) is 4.79 Å². The Labute approximate surface area is 123 Å². The quantitative estimate of drug-likeness (QED) is 0.826. The Hall–Kier alpha value is -2.21. The number of hydrogen-bond donors (Lipinski definition) is 2. The van der Waals surface area contributed by atoms with Crippen molar-refractivity contribution in [1.29, 1.82) is 0 Å². The summed E-state index contributed by atoms with van der Waals surface area (Å²) < 4.78 is 14.8. The molecule has 1 heterocycles. The Kier molecular flexibility index (Phi) is 4.70. The number of nitrogens with zero attached hydrogens (tertiary/aromatic N) is 2. The van der Waals surface area contributed by atoms with Crippen molar-refractivity contribution >= 4 is 5.91 Å². The molecule has 2 rings (SSSR count). The monoisotopic (exact) mass is 291 g/mol. The molecular formula is C15H20FN4O+. The van der Waals surface area contributed by atoms with Gasteiger partial charge >= 0.3 is 0 Å². The summed E-state index contributed by atoms with van der Waals surface area (Å²) in [6.45, 7) is 3.25. The molecule has 2 N–H and O–H groups in total. The summed E-state index contributed by atoms with van der Waals surface area (Å²) in [5.41, 5.74) is 1.80. The third-order valence-electron chi connectivity index (χ3n) is 3.22. The second-order valence-electron chi connectivity index (χ2n) is 5.25. The summed E-state index contributed by atoms with van der Waals surface area (Å²) in [4.78, 5) is 13.4. The first-order valence-corrected chi connectivity index (χ1v) is 6.87. The Morgan fingerprint density at radius 3 is 2.86 bits per heavy atom. The average Bonchev–Trinajstić information content (AvgIpc) is 2.80. The number of halogens is 1. The molecule has 2 aromatic rings. The highest BCUT2D eigenvalue weighted by atomic mass is 19.1. The molecule has 0 aliphatic rings. The molecule has 5 nitrogen and oxygen atoms in total. The van der Waals surface area contributed by atoms with Crippen LogP contribution in [0.4, 0.5) is 4.39 Å². The normalized spacial score (nSPS) is 10.9. The zero-order chi connectivity index (χ0) is 15.4. The maximum Gasteiger partial charge on any atom is 0.254 e. The van der Waals surface area contributed by atoms with E-state index < -0.39 is 0 Å². The summed E-state index contributed by atoms with van der Waals surface area (Å²) in [5, 5.41) is 7.04. The van der Waals surface area contributed by atoms with E-state index in [0.717, 1.165) is 6.54 Å². The van der Waals surface area contributed by atoms with Crippen LogP contribution in [0.15, 0.2) is 30.5 Å². The predicted molar refractivity (Wildman–Crippen MR) is 78.3 cm³/mol. The summed E-state index contributed by atoms with van der Waals surface area (Å²) in [7, 11) is 4.05. The third kappa shape index (κ3) is 3.66. The maximum atomic E-state index is 13.3. The SMILES string of the molecule is Cc1c(C(=O)NCC[NH+](C)C)cnn1-c1cccc(F)c1. The molecule has 112 valence electrons. The molecule has 21 heavy (non-hydrogen) atoms. The minimum absolute atomic E-state index is 0.156. The van der Waals surface area contributed by atoms with Crippen molar-refractivity contribution in [2.75, 3.05) is 27.2 Å². The number of aromatic nitrogens is 2. The van der Waals surface area contributed by atoms with E-state index in [1.165, 1.54) is 23.2 Å². The minimum atomic E-state index is -0.331. The van der Waals surface area contributed by atoms with Crippen molar-refractivity contribution in [1.82, 2.24) is 15.1 Å². The minimum Gasteiger partial charge on any atom is -0.346 e. The van der Waals surface area contributed by atoms with Gasteiger partial charge in [0.05, 0.1) is 50.3 Å². The highest BCUT2D eigenvalue weighted by molar-refractivity contribution is 5.95. The lowest BCUT2D eigenvalue weighted by atomic mass is 10.2. The first-order chi connectivity index (χ1) is 9.99. The lowest BCUT2D eigenvalue weighted by Crippen LogP contribution is -3.06. The molecule has 6 heteroatoms. The van der Waals surface area contributed by atoms with Crippen LogP contribution in [0.2, 0.25) is 0 Å². The summed E-state index contributed by atoms with van der Waals surface area (Å²) >= 11 is 0. The molecule has 0 saturated heterocycles. The fourth-order valence-electron chi connectivity index (χ4n) is 2.02. The van der Waals surface area contributed by atoms with Gasteiger partial charge in [0, 0.05) is 0 Å². The van der Waals surface area contributed by atoms with E-state index in [-0.39, 0.29) is 11.7 Å². The first-order valence-electron chi connectivity index (χ1n) is 6.87. The fraction of sp³-hybridized carbons (Fsp3) is 0.333. The lowest BCUT2D eigenvalue weighted by Gasteiger charge is -2.08. The molecule has 0 aliphatic heterocycles. The van der Waals surface area contributed by atoms with Crippen molar-refractivity contribution in [3.8, 4) is 5.69 Å². The Balaban J connectivity index is 2.15. The summed E-state index contributed by atoms with van der Waals surface area (Å²) in [5.74, 6) is -0.487. The molecule has 0 saturated carbocycles. The third-order valence-corrected chi connectivity index (χ3v) is 3.22. The van der Waals surface area contributed by atoms with Gasteiger partial charge in [-0.2, -0.15) is 5.10 Å². The molecule has 0 unspecified atom stereocenters. The van der Waals surface area contributed by atoms with Crippen LogP contribution in [0.1, 0.15) is 16.1 Å². The van der Waals surface area contributed by atoms with E-state index >= 15 is 0 Å². The number of carbonyl (C=O) groups excluding carboxylic acids is 1. The van der Waals surface area contributed by atoms with E-state index in [4.69, 9.17) is 0 Å². The Bertz CT molecular complexity index is 636. The largest absolute Gasteiger partial charge is 0.346 e. The number of benzene rings is 1. The van der Waals surface area contributed by atoms with Crippen molar-refractivity contribution in [3.05, 3.63) is 47.5 Å². The van der Waals surface area contributed by atoms with Crippen LogP contribution in [-0.2, 0) is 0 Å². The molecule has 0 spiro atoms. The second kappa shape index (κ2) is 6.49. The topological polar surface area (TPSA) is 51.4 Å². The molecule has 0 fully saturated rings. The van der Waals surface area contributed by atoms with Gasteiger partial charge in [-0.1, -0.05) is 6.07 Å². The van der Waals surface area contributed by atoms with Crippen LogP contribution in [0.25, 0.3) is 5.69 Å². The standard InChI is InChI=1S/C15H19FN4O/c1-11-14(15(21)17-7-8-19(2)3)10-18-20(11)13-6-4-5-12(16)9-13/h4-6,9-10H,7-8H2,1-3H3,(H,17,21)/p+1. The van der Waals surface area contributed by atoms with Gasteiger partial charge in [-0.05, 0) is 25.1 Å². The van der Waals surface area contributed by atoms with Crippen LogP contribution in [-0.4, -0.2) is 42.9 Å². The van der Waals surface area contributed by atoms with Gasteiger partial charge in [0.25, 0.3) is 5.91 Å². The Morgan fingerprint density at radius 2 is 2.19 bits per heavy atom. The molecule has 1 aromatic carbocycles. The van der Waals surface area contributed by atoms with Crippen molar-refractivity contribution in [2.45, 2.75) is 6.92 Å². The van der Waals surface area contributed by atoms with Crippen LogP contribution in [0.5, 0.6) is 0 Å². The number of hydrogen-bond acceptors (Lipinski definition) is 2. The highest BCUT2D eigenvalue weighted by Gasteiger charge is 2.15. The van der Waals surface area contributed by atoms with E-state index in [2.05, 4.69) is 10.4 Å². The average molecular weight is 291 g/mol. The van der Waals surface area contributed by atoms with Gasteiger partial charge in [-0.25, -0.2) is 9.07 Å². The van der Waals surface area contributed by atoms with Gasteiger partial charge < -0.3 is 10.2 Å². The zero-order valence-corrected chi connectivity index (χ0v) is 12.5. The molecule has 1 amide bonds. The second-order valence-corrected chi connectivity index (χ2v) is 5.25. The van der Waals surface area contributed by atoms with Crippen LogP contribution in [0, 0.1) is 12.7 Å². The van der Waals surface area contributed by atoms with E-state index in [1.807, 2.05) is 14.1 Å². The number of carbonyl (C=O) groups is 1. The van der Waals surface area contributed by atoms with Crippen LogP contribution < -0.4 is 10.2 Å². The maximum absolute atomic E-state index is 13.3. The zero-order valence-electron chi connectivity index (χ0n) is 12.5. The van der Waals surface area contributed by atoms with Gasteiger partial charge in [0.15, 0.2) is 0 Å². The number of nitrogens with one attached hydrogen (secondary N) is 2. The number of likely N-dealkylation sites (N-methyl/N-ethyl adjacent to an activating group) is 1. The van der Waals surface area contributed by atoms with Gasteiger partial charge in [-0.15, -0.1) is 0 Å². The first kappa shape index (κ1) is 15.2. The molecular weight excluding hydrogens is 271 g/mol. The summed E-state index contributed by atoms with van der Waals surface area (Å²) in [6.07, 6.45) is 1.51.